The van der Waals surface area contributed by atoms with E-state index >= 15 is 0 Å². The number of nitrogens with zero attached hydrogens (tertiary/aromatic N) is 3. The molecule has 0 aliphatic rings. The molecular weight excluding hydrogens is 314 g/mol. The predicted molar refractivity (Wildman–Crippen MR) is 103 cm³/mol. The van der Waals surface area contributed by atoms with Crippen molar-refractivity contribution in [2.45, 2.75) is 6.42 Å². The molecule has 25 heavy (non-hydrogen) atoms. The molecule has 0 bridgehead atoms. The van der Waals surface area contributed by atoms with Gasteiger partial charge in [-0.25, -0.2) is 0 Å². The molecule has 0 aromatic heterocycles. The molecule has 7 N–H and O–H groups in total. The molecule has 0 fully saturated rings. The Bertz CT molecular complexity index is 783. The second-order valence-electron chi connectivity index (χ2n) is 5.32. The average Bonchev–Trinajstić information content (AvgIpc) is 2.57. The Morgan fingerprint density at radius 1 is 0.880 bits per heavy atom. The fourth-order valence-corrected chi connectivity index (χ4v) is 2.03. The Hall–Kier alpha value is -3.61. The van der Waals surface area contributed by atoms with Crippen LogP contribution >= 0.6 is 0 Å². The molecule has 0 radical (unpaired) electrons. The Morgan fingerprint density at radius 2 is 1.40 bits per heavy atom. The molecule has 128 valence electrons. The SMILES string of the molecule is C=C(N)N/N=C/c1ccc(Cc2ccc(/C=N/N=C(N)N)cc2)cc1. The van der Waals surface area contributed by atoms with Crippen LogP contribution in [0.4, 0.5) is 0 Å². The Morgan fingerprint density at radius 3 is 1.88 bits per heavy atom. The van der Waals surface area contributed by atoms with E-state index < -0.39 is 0 Å². The normalized spacial score (nSPS) is 10.9. The van der Waals surface area contributed by atoms with Gasteiger partial charge in [-0.15, -0.1) is 5.10 Å². The summed E-state index contributed by atoms with van der Waals surface area (Å²) >= 11 is 0. The van der Waals surface area contributed by atoms with Crippen LogP contribution in [0.25, 0.3) is 0 Å². The van der Waals surface area contributed by atoms with Crippen LogP contribution in [-0.2, 0) is 6.42 Å². The van der Waals surface area contributed by atoms with Crippen molar-refractivity contribution in [2.75, 3.05) is 0 Å². The van der Waals surface area contributed by atoms with E-state index in [-0.39, 0.29) is 5.96 Å². The average molecular weight is 335 g/mol. The van der Waals surface area contributed by atoms with Crippen molar-refractivity contribution in [3.8, 4) is 0 Å². The van der Waals surface area contributed by atoms with Gasteiger partial charge < -0.3 is 17.2 Å². The van der Waals surface area contributed by atoms with Gasteiger partial charge in [-0.1, -0.05) is 55.1 Å². The molecule has 7 heteroatoms. The quantitative estimate of drug-likeness (QED) is 0.345. The van der Waals surface area contributed by atoms with E-state index in [1.807, 2.05) is 36.4 Å². The van der Waals surface area contributed by atoms with E-state index in [1.54, 1.807) is 12.4 Å². The molecular formula is C18H21N7. The molecule has 0 aliphatic carbocycles. The highest BCUT2D eigenvalue weighted by Gasteiger charge is 1.97. The van der Waals surface area contributed by atoms with Gasteiger partial charge in [0.15, 0.2) is 0 Å². The van der Waals surface area contributed by atoms with Gasteiger partial charge >= 0.3 is 0 Å². The lowest BCUT2D eigenvalue weighted by atomic mass is 10.0. The largest absolute Gasteiger partial charge is 0.385 e. The topological polar surface area (TPSA) is 127 Å². The molecule has 2 aromatic carbocycles. The van der Waals surface area contributed by atoms with Gasteiger partial charge in [0, 0.05) is 0 Å². The summed E-state index contributed by atoms with van der Waals surface area (Å²) in [5.41, 5.74) is 22.7. The van der Waals surface area contributed by atoms with Crippen LogP contribution in [-0.4, -0.2) is 18.4 Å². The predicted octanol–water partition coefficient (Wildman–Crippen LogP) is 1.24. The second kappa shape index (κ2) is 8.88. The van der Waals surface area contributed by atoms with E-state index in [0.717, 1.165) is 17.5 Å². The molecule has 0 saturated carbocycles. The van der Waals surface area contributed by atoms with Crippen molar-refractivity contribution >= 4 is 18.4 Å². The zero-order chi connectivity index (χ0) is 18.1. The molecule has 0 amide bonds. The smallest absolute Gasteiger partial charge is 0.211 e. The first-order valence-electron chi connectivity index (χ1n) is 7.56. The number of hydrazone groups is 1. The van der Waals surface area contributed by atoms with Gasteiger partial charge in [-0.3, -0.25) is 5.43 Å². The van der Waals surface area contributed by atoms with Crippen LogP contribution in [0.15, 0.2) is 76.2 Å². The Kier molecular flexibility index (Phi) is 6.30. The lowest BCUT2D eigenvalue weighted by molar-refractivity contribution is 0.882. The van der Waals surface area contributed by atoms with Crippen LogP contribution in [0.3, 0.4) is 0 Å². The van der Waals surface area contributed by atoms with Gasteiger partial charge in [0.25, 0.3) is 0 Å². The van der Waals surface area contributed by atoms with Gasteiger partial charge in [-0.2, -0.15) is 10.2 Å². The summed E-state index contributed by atoms with van der Waals surface area (Å²) in [7, 11) is 0. The maximum Gasteiger partial charge on any atom is 0.211 e. The summed E-state index contributed by atoms with van der Waals surface area (Å²) in [6, 6.07) is 16.1. The number of hydrogen-bond donors (Lipinski definition) is 4. The Balaban J connectivity index is 1.95. The van der Waals surface area contributed by atoms with Crippen molar-refractivity contribution in [3.05, 3.63) is 83.2 Å². The highest BCUT2D eigenvalue weighted by atomic mass is 15.3. The van der Waals surface area contributed by atoms with E-state index in [1.165, 1.54) is 11.1 Å². The van der Waals surface area contributed by atoms with Gasteiger partial charge in [0.05, 0.1) is 12.4 Å². The van der Waals surface area contributed by atoms with Crippen molar-refractivity contribution in [1.82, 2.24) is 5.43 Å². The van der Waals surface area contributed by atoms with Crippen LogP contribution in [0.5, 0.6) is 0 Å². The Labute approximate surface area is 146 Å². The highest BCUT2D eigenvalue weighted by molar-refractivity contribution is 5.81. The van der Waals surface area contributed by atoms with Crippen LogP contribution in [0, 0.1) is 0 Å². The molecule has 7 nitrogen and oxygen atoms in total. The monoisotopic (exact) mass is 335 g/mol. The van der Waals surface area contributed by atoms with E-state index in [0.29, 0.717) is 5.82 Å². The minimum atomic E-state index is -0.0647. The lowest BCUT2D eigenvalue weighted by Crippen LogP contribution is -2.21. The van der Waals surface area contributed by atoms with Crippen LogP contribution in [0.1, 0.15) is 22.3 Å². The summed E-state index contributed by atoms with van der Waals surface area (Å²) in [6.07, 6.45) is 4.12. The zero-order valence-electron chi connectivity index (χ0n) is 13.8. The number of hydrogen-bond acceptors (Lipinski definition) is 5. The molecule has 0 atom stereocenters. The van der Waals surface area contributed by atoms with Crippen LogP contribution in [0.2, 0.25) is 0 Å². The molecule has 0 saturated heterocycles. The van der Waals surface area contributed by atoms with E-state index in [2.05, 4.69) is 39.4 Å². The minimum absolute atomic E-state index is 0.0647. The molecule has 2 aromatic rings. The maximum atomic E-state index is 5.37. The first kappa shape index (κ1) is 17.7. The number of benzene rings is 2. The molecule has 0 spiro atoms. The highest BCUT2D eigenvalue weighted by Crippen LogP contribution is 2.11. The molecule has 0 aliphatic heterocycles. The summed E-state index contributed by atoms with van der Waals surface area (Å²) in [5.74, 6) is 0.241. The summed E-state index contributed by atoms with van der Waals surface area (Å²) in [5, 5.41) is 11.3. The van der Waals surface area contributed by atoms with Crippen molar-refractivity contribution in [1.29, 1.82) is 0 Å². The number of nitrogens with one attached hydrogen (secondary N) is 1. The lowest BCUT2D eigenvalue weighted by Gasteiger charge is -2.03. The number of guanidine groups is 1. The molecule has 0 heterocycles. The van der Waals surface area contributed by atoms with Crippen molar-refractivity contribution < 1.29 is 0 Å². The van der Waals surface area contributed by atoms with Gasteiger partial charge in [0.2, 0.25) is 5.96 Å². The first-order chi connectivity index (χ1) is 12.0. The summed E-state index contributed by atoms with van der Waals surface area (Å²) < 4.78 is 0. The molecule has 0 unspecified atom stereocenters. The standard InChI is InChI=1S/C18H21N7/c1-13(19)24-22-11-16-6-2-14(3-7-16)10-15-4-8-17(9-5-15)12-23-25-18(20)21/h2-9,11-12,24H,1,10,19H2,(H4,20,21,25)/b22-11+,23-12+. The summed E-state index contributed by atoms with van der Waals surface area (Å²) in [6.45, 7) is 3.50. The van der Waals surface area contributed by atoms with Crippen molar-refractivity contribution in [2.24, 2.45) is 32.5 Å². The fourth-order valence-electron chi connectivity index (χ4n) is 2.03. The van der Waals surface area contributed by atoms with E-state index in [9.17, 15) is 0 Å². The van der Waals surface area contributed by atoms with E-state index in [4.69, 9.17) is 17.2 Å². The zero-order valence-corrected chi connectivity index (χ0v) is 13.8. The van der Waals surface area contributed by atoms with Crippen molar-refractivity contribution in [3.63, 3.8) is 0 Å². The third-order valence-corrected chi connectivity index (χ3v) is 3.17. The third-order valence-electron chi connectivity index (χ3n) is 3.17. The minimum Gasteiger partial charge on any atom is -0.385 e. The second-order valence-corrected chi connectivity index (χ2v) is 5.32. The number of nitrogens with two attached hydrogens (primary N) is 3. The summed E-state index contributed by atoms with van der Waals surface area (Å²) in [4.78, 5) is 0. The molecule has 2 rings (SSSR count). The third kappa shape index (κ3) is 6.57. The van der Waals surface area contributed by atoms with Gasteiger partial charge in [-0.05, 0) is 28.7 Å². The number of rotatable bonds is 7. The van der Waals surface area contributed by atoms with Crippen LogP contribution < -0.4 is 22.6 Å². The fraction of sp³-hybridized carbons (Fsp3) is 0.0556. The first-order valence-corrected chi connectivity index (χ1v) is 7.56. The van der Waals surface area contributed by atoms with Gasteiger partial charge in [0.1, 0.15) is 5.82 Å². The maximum absolute atomic E-state index is 5.37.